The van der Waals surface area contributed by atoms with Crippen LogP contribution in [0.1, 0.15) is 22.8 Å². The van der Waals surface area contributed by atoms with Crippen molar-refractivity contribution >= 4 is 70.1 Å². The van der Waals surface area contributed by atoms with Crippen molar-refractivity contribution in [3.05, 3.63) is 154 Å². The first kappa shape index (κ1) is 32.6. The van der Waals surface area contributed by atoms with Crippen LogP contribution in [0, 0.1) is 0 Å². The van der Waals surface area contributed by atoms with Crippen molar-refractivity contribution in [1.82, 2.24) is 5.32 Å². The van der Waals surface area contributed by atoms with Crippen molar-refractivity contribution in [3.8, 4) is 11.1 Å². The summed E-state index contributed by atoms with van der Waals surface area (Å²) in [6.07, 6.45) is 1.64. The fourth-order valence-electron chi connectivity index (χ4n) is 4.44. The zero-order valence-corrected chi connectivity index (χ0v) is 27.0. The zero-order chi connectivity index (χ0) is 32.5. The SMILES string of the molecule is CC(Sc1cccc(NC(=O)/C(=C\c2ccc(-c3ccccc3)cc2)NC(=O)c2ccccc2)c1)C(=O)Nc1cc(Cl)ccc1Cl. The third kappa shape index (κ3) is 8.88. The van der Waals surface area contributed by atoms with Crippen molar-refractivity contribution in [2.45, 2.75) is 17.1 Å². The molecule has 46 heavy (non-hydrogen) atoms. The molecule has 0 saturated heterocycles. The molecule has 0 radical (unpaired) electrons. The number of hydrogen-bond donors (Lipinski definition) is 3. The number of hydrogen-bond acceptors (Lipinski definition) is 4. The lowest BCUT2D eigenvalue weighted by Gasteiger charge is -2.15. The Morgan fingerprint density at radius 3 is 2.11 bits per heavy atom. The van der Waals surface area contributed by atoms with E-state index in [1.54, 1.807) is 73.7 Å². The molecule has 0 heterocycles. The van der Waals surface area contributed by atoms with Crippen LogP contribution in [-0.2, 0) is 9.59 Å². The highest BCUT2D eigenvalue weighted by Gasteiger charge is 2.18. The molecule has 1 atom stereocenters. The molecule has 0 fully saturated rings. The third-order valence-corrected chi connectivity index (χ3v) is 8.48. The summed E-state index contributed by atoms with van der Waals surface area (Å²) < 4.78 is 0. The van der Waals surface area contributed by atoms with E-state index in [1.165, 1.54) is 11.8 Å². The highest BCUT2D eigenvalue weighted by atomic mass is 35.5. The number of amides is 3. The largest absolute Gasteiger partial charge is 0.324 e. The number of nitrogens with one attached hydrogen (secondary N) is 3. The number of carbonyl (C=O) groups excluding carboxylic acids is 3. The molecule has 0 aliphatic heterocycles. The molecule has 1 unspecified atom stereocenters. The standard InChI is InChI=1S/C37H29Cl2N3O3S/c1-24(35(43)41-33-22-29(38)19-20-32(33)39)46-31-14-8-13-30(23-31)40-37(45)34(42-36(44)28-11-6-3-7-12-28)21-25-15-17-27(18-16-25)26-9-4-2-5-10-26/h2-24H,1H3,(H,40,45)(H,41,43)(H,42,44)/b34-21+. The maximum atomic E-state index is 13.6. The van der Waals surface area contributed by atoms with Gasteiger partial charge in [-0.3, -0.25) is 14.4 Å². The minimum atomic E-state index is -0.500. The van der Waals surface area contributed by atoms with Gasteiger partial charge in [0.25, 0.3) is 11.8 Å². The second-order valence-electron chi connectivity index (χ2n) is 10.2. The molecule has 5 aromatic rings. The van der Waals surface area contributed by atoms with Crippen LogP contribution in [0.4, 0.5) is 11.4 Å². The Morgan fingerprint density at radius 1 is 0.717 bits per heavy atom. The number of rotatable bonds is 10. The maximum Gasteiger partial charge on any atom is 0.272 e. The number of anilines is 2. The summed E-state index contributed by atoms with van der Waals surface area (Å²) in [5.41, 5.74) is 4.27. The maximum absolute atomic E-state index is 13.6. The molecule has 0 aliphatic rings. The molecule has 9 heteroatoms. The van der Waals surface area contributed by atoms with Gasteiger partial charge in [0.2, 0.25) is 5.91 Å². The van der Waals surface area contributed by atoms with Gasteiger partial charge in [0.05, 0.1) is 16.0 Å². The zero-order valence-electron chi connectivity index (χ0n) is 24.7. The minimum Gasteiger partial charge on any atom is -0.324 e. The molecule has 6 nitrogen and oxygen atoms in total. The molecule has 0 aromatic heterocycles. The van der Waals surface area contributed by atoms with Crippen LogP contribution in [0.3, 0.4) is 0 Å². The van der Waals surface area contributed by atoms with E-state index >= 15 is 0 Å². The predicted octanol–water partition coefficient (Wildman–Crippen LogP) is 9.19. The van der Waals surface area contributed by atoms with E-state index in [4.69, 9.17) is 23.2 Å². The Balaban J connectivity index is 1.32. The van der Waals surface area contributed by atoms with E-state index in [9.17, 15) is 14.4 Å². The van der Waals surface area contributed by atoms with Gasteiger partial charge < -0.3 is 16.0 Å². The quantitative estimate of drug-likeness (QED) is 0.103. The van der Waals surface area contributed by atoms with Crippen LogP contribution < -0.4 is 16.0 Å². The van der Waals surface area contributed by atoms with Gasteiger partial charge in [0, 0.05) is 21.2 Å². The fourth-order valence-corrected chi connectivity index (χ4v) is 5.71. The molecular formula is C37H29Cl2N3O3S. The first-order valence-corrected chi connectivity index (χ1v) is 16.0. The number of carbonyl (C=O) groups is 3. The monoisotopic (exact) mass is 665 g/mol. The van der Waals surface area contributed by atoms with Crippen molar-refractivity contribution in [1.29, 1.82) is 0 Å². The summed E-state index contributed by atoms with van der Waals surface area (Å²) >= 11 is 13.6. The van der Waals surface area contributed by atoms with Crippen LogP contribution >= 0.6 is 35.0 Å². The second-order valence-corrected chi connectivity index (χ2v) is 12.5. The lowest BCUT2D eigenvalue weighted by molar-refractivity contribution is -0.115. The molecule has 0 spiro atoms. The average Bonchev–Trinajstić information content (AvgIpc) is 3.07. The first-order chi connectivity index (χ1) is 22.2. The topological polar surface area (TPSA) is 87.3 Å². The van der Waals surface area contributed by atoms with Crippen LogP contribution in [-0.4, -0.2) is 23.0 Å². The Hall–Kier alpha value is -4.82. The van der Waals surface area contributed by atoms with Crippen LogP contribution in [0.25, 0.3) is 17.2 Å². The molecule has 5 aromatic carbocycles. The Kier molecular flexibility index (Phi) is 10.9. The van der Waals surface area contributed by atoms with Crippen molar-refractivity contribution in [2.75, 3.05) is 10.6 Å². The van der Waals surface area contributed by atoms with Crippen LogP contribution in [0.2, 0.25) is 10.0 Å². The summed E-state index contributed by atoms with van der Waals surface area (Å²) in [6, 6.07) is 38.4. The number of halogens is 2. The van der Waals surface area contributed by atoms with E-state index in [0.717, 1.165) is 21.6 Å². The average molecular weight is 667 g/mol. The van der Waals surface area contributed by atoms with Gasteiger partial charge in [0.1, 0.15) is 5.70 Å². The fraction of sp³-hybridized carbons (Fsp3) is 0.0541. The van der Waals surface area contributed by atoms with Crippen LogP contribution in [0.5, 0.6) is 0 Å². The van der Waals surface area contributed by atoms with E-state index in [1.807, 2.05) is 66.7 Å². The van der Waals surface area contributed by atoms with Crippen molar-refractivity contribution < 1.29 is 14.4 Å². The summed E-state index contributed by atoms with van der Waals surface area (Å²) in [4.78, 5) is 40.3. The molecule has 0 saturated carbocycles. The highest BCUT2D eigenvalue weighted by molar-refractivity contribution is 8.00. The van der Waals surface area contributed by atoms with E-state index in [2.05, 4.69) is 16.0 Å². The molecule has 3 amide bonds. The van der Waals surface area contributed by atoms with Gasteiger partial charge in [-0.05, 0) is 78.2 Å². The molecule has 0 aliphatic carbocycles. The third-order valence-electron chi connectivity index (χ3n) is 6.82. The molecular weight excluding hydrogens is 637 g/mol. The summed E-state index contributed by atoms with van der Waals surface area (Å²) in [5, 5.41) is 8.82. The normalized spacial score (nSPS) is 11.8. The van der Waals surface area contributed by atoms with Gasteiger partial charge >= 0.3 is 0 Å². The van der Waals surface area contributed by atoms with Gasteiger partial charge in [0.15, 0.2) is 0 Å². The lowest BCUT2D eigenvalue weighted by atomic mass is 10.0. The van der Waals surface area contributed by atoms with Crippen molar-refractivity contribution in [3.63, 3.8) is 0 Å². The summed E-state index contributed by atoms with van der Waals surface area (Å²) in [5.74, 6) is -1.16. The van der Waals surface area contributed by atoms with Gasteiger partial charge in [-0.15, -0.1) is 11.8 Å². The van der Waals surface area contributed by atoms with Gasteiger partial charge in [-0.25, -0.2) is 0 Å². The van der Waals surface area contributed by atoms with E-state index < -0.39 is 17.1 Å². The summed E-state index contributed by atoms with van der Waals surface area (Å²) in [6.45, 7) is 1.77. The first-order valence-electron chi connectivity index (χ1n) is 14.3. The number of benzene rings is 5. The second kappa shape index (κ2) is 15.5. The molecule has 0 bridgehead atoms. The number of thioether (sulfide) groups is 1. The highest BCUT2D eigenvalue weighted by Crippen LogP contribution is 2.29. The summed E-state index contributed by atoms with van der Waals surface area (Å²) in [7, 11) is 0. The van der Waals surface area contributed by atoms with Crippen molar-refractivity contribution in [2.24, 2.45) is 0 Å². The smallest absolute Gasteiger partial charge is 0.272 e. The lowest BCUT2D eigenvalue weighted by Crippen LogP contribution is -2.30. The van der Waals surface area contributed by atoms with Gasteiger partial charge in [-0.2, -0.15) is 0 Å². The molecule has 230 valence electrons. The molecule has 5 rings (SSSR count). The van der Waals surface area contributed by atoms with Gasteiger partial charge in [-0.1, -0.05) is 102 Å². The van der Waals surface area contributed by atoms with E-state index in [0.29, 0.717) is 27.0 Å². The Labute approximate surface area is 281 Å². The molecule has 3 N–H and O–H groups in total. The Morgan fingerprint density at radius 2 is 1.39 bits per heavy atom. The van der Waals surface area contributed by atoms with E-state index in [-0.39, 0.29) is 11.6 Å². The minimum absolute atomic E-state index is 0.0746. The predicted molar refractivity (Wildman–Crippen MR) is 189 cm³/mol. The Bertz CT molecular complexity index is 1880. The van der Waals surface area contributed by atoms with Crippen LogP contribution in [0.15, 0.2) is 138 Å².